The highest BCUT2D eigenvalue weighted by atomic mass is 32.2. The van der Waals surface area contributed by atoms with Crippen LogP contribution in [0.3, 0.4) is 0 Å². The fourth-order valence-corrected chi connectivity index (χ4v) is 3.46. The molecule has 16 heavy (non-hydrogen) atoms. The molecule has 2 aliphatic rings. The predicted molar refractivity (Wildman–Crippen MR) is 67.4 cm³/mol. The molecule has 0 spiro atoms. The normalized spacial score (nSPS) is 23.9. The van der Waals surface area contributed by atoms with Crippen LogP contribution in [-0.2, 0) is 6.42 Å². The first-order chi connectivity index (χ1) is 7.86. The molecule has 1 aromatic carbocycles. The third-order valence-corrected chi connectivity index (χ3v) is 4.55. The van der Waals surface area contributed by atoms with Crippen LogP contribution in [0.5, 0.6) is 5.75 Å². The van der Waals surface area contributed by atoms with Gasteiger partial charge in [0.15, 0.2) is 0 Å². The van der Waals surface area contributed by atoms with Gasteiger partial charge in [-0.1, -0.05) is 12.1 Å². The zero-order valence-corrected chi connectivity index (χ0v) is 10.3. The third-order valence-electron chi connectivity index (χ3n) is 3.22. The Morgan fingerprint density at radius 1 is 1.31 bits per heavy atom. The van der Waals surface area contributed by atoms with E-state index < -0.39 is 0 Å². The Labute approximate surface area is 101 Å². The van der Waals surface area contributed by atoms with Crippen molar-refractivity contribution in [2.45, 2.75) is 36.2 Å². The quantitative estimate of drug-likeness (QED) is 0.869. The van der Waals surface area contributed by atoms with Crippen LogP contribution in [0, 0.1) is 0 Å². The van der Waals surface area contributed by atoms with Crippen LogP contribution < -0.4 is 10.1 Å². The number of hydrogen-bond acceptors (Lipinski definition) is 3. The summed E-state index contributed by atoms with van der Waals surface area (Å²) in [4.78, 5) is 1.35. The van der Waals surface area contributed by atoms with Gasteiger partial charge in [-0.15, -0.1) is 11.8 Å². The first-order valence-electron chi connectivity index (χ1n) is 5.91. The van der Waals surface area contributed by atoms with Gasteiger partial charge in [0.25, 0.3) is 0 Å². The first-order valence-corrected chi connectivity index (χ1v) is 6.90. The number of nitrogens with one attached hydrogen (secondary N) is 1. The second kappa shape index (κ2) is 4.30. The smallest absolute Gasteiger partial charge is 0.132 e. The van der Waals surface area contributed by atoms with Gasteiger partial charge < -0.3 is 10.1 Å². The molecule has 1 heterocycles. The van der Waals surface area contributed by atoms with Crippen LogP contribution >= 0.6 is 11.8 Å². The molecule has 1 unspecified atom stereocenters. The lowest BCUT2D eigenvalue weighted by atomic mass is 10.1. The van der Waals surface area contributed by atoms with Crippen molar-refractivity contribution in [2.24, 2.45) is 0 Å². The molecule has 1 fully saturated rings. The molecule has 2 nitrogen and oxygen atoms in total. The summed E-state index contributed by atoms with van der Waals surface area (Å²) in [7, 11) is 1.75. The maximum atomic E-state index is 5.40. The Kier molecular flexibility index (Phi) is 2.82. The zero-order valence-electron chi connectivity index (χ0n) is 9.53. The first kappa shape index (κ1) is 10.5. The Hall–Kier alpha value is -0.670. The summed E-state index contributed by atoms with van der Waals surface area (Å²) in [5.74, 6) is 2.21. The molecular formula is C13H17NOS. The number of rotatable bonds is 3. The van der Waals surface area contributed by atoms with Gasteiger partial charge in [-0.25, -0.2) is 0 Å². The van der Waals surface area contributed by atoms with Crippen molar-refractivity contribution in [3.05, 3.63) is 23.8 Å². The largest absolute Gasteiger partial charge is 0.496 e. The molecule has 1 atom stereocenters. The lowest BCUT2D eigenvalue weighted by Crippen LogP contribution is -2.36. The zero-order chi connectivity index (χ0) is 11.0. The van der Waals surface area contributed by atoms with Gasteiger partial charge in [-0.3, -0.25) is 0 Å². The van der Waals surface area contributed by atoms with E-state index in [1.54, 1.807) is 7.11 Å². The van der Waals surface area contributed by atoms with E-state index in [1.807, 2.05) is 11.8 Å². The summed E-state index contributed by atoms with van der Waals surface area (Å²) in [6, 6.07) is 7.83. The van der Waals surface area contributed by atoms with Crippen LogP contribution in [0.15, 0.2) is 23.1 Å². The van der Waals surface area contributed by atoms with E-state index in [2.05, 4.69) is 23.5 Å². The van der Waals surface area contributed by atoms with Gasteiger partial charge in [-0.2, -0.15) is 0 Å². The molecule has 1 N–H and O–H groups in total. The highest BCUT2D eigenvalue weighted by Gasteiger charge is 2.28. The molecule has 1 aliphatic carbocycles. The Morgan fingerprint density at radius 3 is 2.94 bits per heavy atom. The standard InChI is InChI=1S/C13H17NOS/c1-15-12-4-2-3-9-7-11(8-16-13(9)12)14-10-5-6-10/h2-4,10-11,14H,5-8H2,1H3. The second-order valence-electron chi connectivity index (χ2n) is 4.60. The van der Waals surface area contributed by atoms with Crippen molar-refractivity contribution in [3.63, 3.8) is 0 Å². The highest BCUT2D eigenvalue weighted by Crippen LogP contribution is 2.38. The molecule has 3 heteroatoms. The summed E-state index contributed by atoms with van der Waals surface area (Å²) in [5, 5.41) is 3.71. The molecule has 1 aromatic rings. The van der Waals surface area contributed by atoms with Crippen molar-refractivity contribution in [1.82, 2.24) is 5.32 Å². The summed E-state index contributed by atoms with van der Waals surface area (Å²) < 4.78 is 5.40. The number of thioether (sulfide) groups is 1. The van der Waals surface area contributed by atoms with Crippen molar-refractivity contribution < 1.29 is 4.74 Å². The van der Waals surface area contributed by atoms with E-state index in [1.165, 1.54) is 29.1 Å². The van der Waals surface area contributed by atoms with E-state index in [4.69, 9.17) is 4.74 Å². The van der Waals surface area contributed by atoms with E-state index in [9.17, 15) is 0 Å². The average molecular weight is 235 g/mol. The minimum Gasteiger partial charge on any atom is -0.496 e. The van der Waals surface area contributed by atoms with Crippen LogP contribution in [-0.4, -0.2) is 24.9 Å². The van der Waals surface area contributed by atoms with E-state index in [0.717, 1.165) is 18.2 Å². The fourth-order valence-electron chi connectivity index (χ4n) is 2.25. The molecule has 3 rings (SSSR count). The molecule has 0 aromatic heterocycles. The molecule has 0 amide bonds. The Morgan fingerprint density at radius 2 is 2.19 bits per heavy atom. The fraction of sp³-hybridized carbons (Fsp3) is 0.538. The number of ether oxygens (including phenoxy) is 1. The number of benzene rings is 1. The Balaban J connectivity index is 1.77. The van der Waals surface area contributed by atoms with Gasteiger partial charge in [0.1, 0.15) is 5.75 Å². The maximum absolute atomic E-state index is 5.40. The summed E-state index contributed by atoms with van der Waals surface area (Å²) in [6.45, 7) is 0. The topological polar surface area (TPSA) is 21.3 Å². The predicted octanol–water partition coefficient (Wildman–Crippen LogP) is 2.46. The average Bonchev–Trinajstić information content (AvgIpc) is 3.12. The van der Waals surface area contributed by atoms with Crippen molar-refractivity contribution >= 4 is 11.8 Å². The molecular weight excluding hydrogens is 218 g/mol. The van der Waals surface area contributed by atoms with Crippen molar-refractivity contribution in [1.29, 1.82) is 0 Å². The minimum atomic E-state index is 0.650. The third kappa shape index (κ3) is 2.06. The molecule has 1 saturated carbocycles. The molecule has 1 aliphatic heterocycles. The SMILES string of the molecule is COc1cccc2c1SCC(NC1CC1)C2. The van der Waals surface area contributed by atoms with Crippen LogP contribution in [0.4, 0.5) is 0 Å². The van der Waals surface area contributed by atoms with Crippen LogP contribution in [0.2, 0.25) is 0 Å². The van der Waals surface area contributed by atoms with Gasteiger partial charge in [0.2, 0.25) is 0 Å². The summed E-state index contributed by atoms with van der Waals surface area (Å²) in [5.41, 5.74) is 1.44. The number of fused-ring (bicyclic) bond motifs is 1. The second-order valence-corrected chi connectivity index (χ2v) is 5.63. The summed E-state index contributed by atoms with van der Waals surface area (Å²) >= 11 is 1.93. The lowest BCUT2D eigenvalue weighted by Gasteiger charge is -2.26. The van der Waals surface area contributed by atoms with Crippen LogP contribution in [0.25, 0.3) is 0 Å². The van der Waals surface area contributed by atoms with Gasteiger partial charge >= 0.3 is 0 Å². The van der Waals surface area contributed by atoms with Gasteiger partial charge in [0.05, 0.1) is 12.0 Å². The lowest BCUT2D eigenvalue weighted by molar-refractivity contribution is 0.402. The van der Waals surface area contributed by atoms with Gasteiger partial charge in [-0.05, 0) is 30.9 Å². The molecule has 86 valence electrons. The molecule has 0 saturated heterocycles. The highest BCUT2D eigenvalue weighted by molar-refractivity contribution is 7.99. The van der Waals surface area contributed by atoms with E-state index in [0.29, 0.717) is 6.04 Å². The number of methoxy groups -OCH3 is 1. The monoisotopic (exact) mass is 235 g/mol. The maximum Gasteiger partial charge on any atom is 0.132 e. The van der Waals surface area contributed by atoms with E-state index in [-0.39, 0.29) is 0 Å². The molecule has 0 bridgehead atoms. The van der Waals surface area contributed by atoms with Crippen molar-refractivity contribution in [3.8, 4) is 5.75 Å². The van der Waals surface area contributed by atoms with Gasteiger partial charge in [0, 0.05) is 17.8 Å². The van der Waals surface area contributed by atoms with E-state index >= 15 is 0 Å². The summed E-state index contributed by atoms with van der Waals surface area (Å²) in [6.07, 6.45) is 3.88. The minimum absolute atomic E-state index is 0.650. The Bertz CT molecular complexity index is 390. The number of hydrogen-bond donors (Lipinski definition) is 1. The van der Waals surface area contributed by atoms with Crippen molar-refractivity contribution in [2.75, 3.05) is 12.9 Å². The van der Waals surface area contributed by atoms with Crippen LogP contribution in [0.1, 0.15) is 18.4 Å². The molecule has 0 radical (unpaired) electrons.